The van der Waals surface area contributed by atoms with E-state index in [0.717, 1.165) is 25.6 Å². The van der Waals surface area contributed by atoms with E-state index in [4.69, 9.17) is 0 Å². The Labute approximate surface area is 110 Å². The number of carbonyl (C=O) groups excluding carboxylic acids is 1. The van der Waals surface area contributed by atoms with Crippen molar-refractivity contribution in [3.63, 3.8) is 0 Å². The summed E-state index contributed by atoms with van der Waals surface area (Å²) in [5.41, 5.74) is 0. The first-order valence-electron chi connectivity index (χ1n) is 6.50. The molecule has 2 saturated heterocycles. The number of nitrogens with zero attached hydrogens (tertiary/aromatic N) is 1. The van der Waals surface area contributed by atoms with Gasteiger partial charge in [0.1, 0.15) is 0 Å². The molecule has 4 nitrogen and oxygen atoms in total. The number of nitrogens with one attached hydrogen (secondary N) is 2. The summed E-state index contributed by atoms with van der Waals surface area (Å²) in [7, 11) is 0. The van der Waals surface area contributed by atoms with Gasteiger partial charge in [0.2, 0.25) is 5.91 Å². The summed E-state index contributed by atoms with van der Waals surface area (Å²) in [6.45, 7) is 7.25. The third-order valence-corrected chi connectivity index (χ3v) is 3.91. The molecule has 5 heteroatoms. The van der Waals surface area contributed by atoms with Crippen molar-refractivity contribution in [3.8, 4) is 0 Å². The molecular formula is C12H24ClN3O. The average molecular weight is 262 g/mol. The standard InChI is InChI=1S/C12H23N3O.ClH/c1-10-12(16)14-7-9-15(10)8-4-11-2-5-13-6-3-11;/h10-11,13H,2-9H2,1H3,(H,14,16);1H. The summed E-state index contributed by atoms with van der Waals surface area (Å²) >= 11 is 0. The first-order valence-corrected chi connectivity index (χ1v) is 6.50. The first-order chi connectivity index (χ1) is 7.77. The highest BCUT2D eigenvalue weighted by Gasteiger charge is 2.25. The minimum Gasteiger partial charge on any atom is -0.353 e. The molecule has 2 fully saturated rings. The number of piperazine rings is 1. The largest absolute Gasteiger partial charge is 0.353 e. The van der Waals surface area contributed by atoms with Crippen LogP contribution in [0.3, 0.4) is 0 Å². The van der Waals surface area contributed by atoms with Gasteiger partial charge in [-0.25, -0.2) is 0 Å². The van der Waals surface area contributed by atoms with Gasteiger partial charge in [-0.3, -0.25) is 9.69 Å². The van der Waals surface area contributed by atoms with E-state index in [-0.39, 0.29) is 24.4 Å². The van der Waals surface area contributed by atoms with E-state index in [0.29, 0.717) is 0 Å². The summed E-state index contributed by atoms with van der Waals surface area (Å²) in [6.07, 6.45) is 3.85. The van der Waals surface area contributed by atoms with Gasteiger partial charge in [-0.2, -0.15) is 0 Å². The van der Waals surface area contributed by atoms with Gasteiger partial charge < -0.3 is 10.6 Å². The van der Waals surface area contributed by atoms with Crippen molar-refractivity contribution in [1.29, 1.82) is 0 Å². The molecule has 1 amide bonds. The lowest BCUT2D eigenvalue weighted by Crippen LogP contribution is -2.54. The first kappa shape index (κ1) is 14.7. The summed E-state index contributed by atoms with van der Waals surface area (Å²) in [5, 5.41) is 6.30. The van der Waals surface area contributed by atoms with Gasteiger partial charge in [-0.1, -0.05) is 0 Å². The number of rotatable bonds is 3. The van der Waals surface area contributed by atoms with Gasteiger partial charge in [-0.05, 0) is 51.7 Å². The maximum Gasteiger partial charge on any atom is 0.237 e. The smallest absolute Gasteiger partial charge is 0.237 e. The van der Waals surface area contributed by atoms with Crippen LogP contribution in [0.15, 0.2) is 0 Å². The summed E-state index contributed by atoms with van der Waals surface area (Å²) < 4.78 is 0. The van der Waals surface area contributed by atoms with Gasteiger partial charge in [-0.15, -0.1) is 12.4 Å². The van der Waals surface area contributed by atoms with Gasteiger partial charge in [0, 0.05) is 13.1 Å². The fourth-order valence-corrected chi connectivity index (χ4v) is 2.65. The molecule has 0 aliphatic carbocycles. The topological polar surface area (TPSA) is 44.4 Å². The molecule has 100 valence electrons. The van der Waals surface area contributed by atoms with Crippen molar-refractivity contribution in [1.82, 2.24) is 15.5 Å². The Morgan fingerprint density at radius 3 is 2.71 bits per heavy atom. The van der Waals surface area contributed by atoms with Gasteiger partial charge >= 0.3 is 0 Å². The summed E-state index contributed by atoms with van der Waals surface area (Å²) in [6, 6.07) is 0.0652. The molecule has 1 unspecified atom stereocenters. The number of hydrogen-bond donors (Lipinski definition) is 2. The minimum absolute atomic E-state index is 0. The summed E-state index contributed by atoms with van der Waals surface area (Å²) in [5.74, 6) is 1.05. The van der Waals surface area contributed by atoms with Crippen LogP contribution in [-0.4, -0.2) is 49.6 Å². The van der Waals surface area contributed by atoms with Crippen molar-refractivity contribution in [2.45, 2.75) is 32.2 Å². The molecule has 2 aliphatic heterocycles. The van der Waals surface area contributed by atoms with E-state index >= 15 is 0 Å². The third-order valence-electron chi connectivity index (χ3n) is 3.91. The van der Waals surface area contributed by atoms with Crippen LogP contribution in [0.4, 0.5) is 0 Å². The normalized spacial score (nSPS) is 27.4. The maximum absolute atomic E-state index is 11.5. The molecule has 0 aromatic heterocycles. The molecule has 2 heterocycles. The zero-order valence-corrected chi connectivity index (χ0v) is 11.4. The van der Waals surface area contributed by atoms with Crippen LogP contribution >= 0.6 is 12.4 Å². The molecule has 1 atom stereocenters. The van der Waals surface area contributed by atoms with Gasteiger partial charge in [0.05, 0.1) is 6.04 Å². The predicted molar refractivity (Wildman–Crippen MR) is 71.5 cm³/mol. The lowest BCUT2D eigenvalue weighted by Gasteiger charge is -2.34. The second-order valence-electron chi connectivity index (χ2n) is 4.99. The lowest BCUT2D eigenvalue weighted by atomic mass is 9.94. The SMILES string of the molecule is CC1C(=O)NCCN1CCC1CCNCC1.Cl. The molecule has 0 spiro atoms. The molecule has 2 aliphatic rings. The Hall–Kier alpha value is -0.320. The van der Waals surface area contributed by atoms with E-state index in [1.807, 2.05) is 6.92 Å². The van der Waals surface area contributed by atoms with Crippen LogP contribution in [0.5, 0.6) is 0 Å². The van der Waals surface area contributed by atoms with Crippen LogP contribution in [0, 0.1) is 5.92 Å². The van der Waals surface area contributed by atoms with Crippen molar-refractivity contribution in [2.24, 2.45) is 5.92 Å². The highest BCUT2D eigenvalue weighted by atomic mass is 35.5. The van der Waals surface area contributed by atoms with Crippen LogP contribution in [0.1, 0.15) is 26.2 Å². The van der Waals surface area contributed by atoms with E-state index in [2.05, 4.69) is 15.5 Å². The van der Waals surface area contributed by atoms with Gasteiger partial charge in [0.15, 0.2) is 0 Å². The number of carbonyl (C=O) groups is 1. The highest BCUT2D eigenvalue weighted by molar-refractivity contribution is 5.85. The second kappa shape index (κ2) is 7.19. The van der Waals surface area contributed by atoms with Crippen molar-refractivity contribution >= 4 is 18.3 Å². The van der Waals surface area contributed by atoms with Crippen molar-refractivity contribution in [3.05, 3.63) is 0 Å². The van der Waals surface area contributed by atoms with Crippen molar-refractivity contribution in [2.75, 3.05) is 32.7 Å². The predicted octanol–water partition coefficient (Wildman–Crippen LogP) is 0.618. The van der Waals surface area contributed by atoms with E-state index in [9.17, 15) is 4.79 Å². The zero-order chi connectivity index (χ0) is 11.4. The quantitative estimate of drug-likeness (QED) is 0.783. The van der Waals surface area contributed by atoms with Crippen LogP contribution in [0.25, 0.3) is 0 Å². The van der Waals surface area contributed by atoms with Crippen LogP contribution < -0.4 is 10.6 Å². The van der Waals surface area contributed by atoms with E-state index in [1.165, 1.54) is 32.4 Å². The number of piperidine rings is 1. The molecule has 0 aromatic carbocycles. The third kappa shape index (κ3) is 4.12. The Morgan fingerprint density at radius 1 is 1.29 bits per heavy atom. The molecule has 0 bridgehead atoms. The highest BCUT2D eigenvalue weighted by Crippen LogP contribution is 2.17. The molecule has 17 heavy (non-hydrogen) atoms. The van der Waals surface area contributed by atoms with E-state index in [1.54, 1.807) is 0 Å². The van der Waals surface area contributed by atoms with Crippen molar-refractivity contribution < 1.29 is 4.79 Å². The maximum atomic E-state index is 11.5. The Balaban J connectivity index is 0.00000144. The number of hydrogen-bond acceptors (Lipinski definition) is 3. The average Bonchev–Trinajstić information content (AvgIpc) is 2.32. The molecule has 0 radical (unpaired) electrons. The van der Waals surface area contributed by atoms with E-state index < -0.39 is 0 Å². The van der Waals surface area contributed by atoms with Crippen LogP contribution in [0.2, 0.25) is 0 Å². The molecular weight excluding hydrogens is 238 g/mol. The van der Waals surface area contributed by atoms with Crippen LogP contribution in [-0.2, 0) is 4.79 Å². The Morgan fingerprint density at radius 2 is 2.00 bits per heavy atom. The fourth-order valence-electron chi connectivity index (χ4n) is 2.65. The molecule has 0 saturated carbocycles. The number of amides is 1. The van der Waals surface area contributed by atoms with Gasteiger partial charge in [0.25, 0.3) is 0 Å². The molecule has 0 aromatic rings. The lowest BCUT2D eigenvalue weighted by molar-refractivity contribution is -0.128. The monoisotopic (exact) mass is 261 g/mol. The Bertz CT molecular complexity index is 244. The number of halogens is 1. The fraction of sp³-hybridized carbons (Fsp3) is 0.917. The molecule has 2 rings (SSSR count). The zero-order valence-electron chi connectivity index (χ0n) is 10.6. The summed E-state index contributed by atoms with van der Waals surface area (Å²) in [4.78, 5) is 13.8. The second-order valence-corrected chi connectivity index (χ2v) is 4.99. The molecule has 2 N–H and O–H groups in total. The Kier molecular flexibility index (Phi) is 6.23. The minimum atomic E-state index is 0.